The van der Waals surface area contributed by atoms with Crippen LogP contribution in [0.4, 0.5) is 0 Å². The van der Waals surface area contributed by atoms with Gasteiger partial charge in [0.05, 0.1) is 22.4 Å². The van der Waals surface area contributed by atoms with Crippen LogP contribution in [-0.4, -0.2) is 22.0 Å². The quantitative estimate of drug-likeness (QED) is 0.927. The van der Waals surface area contributed by atoms with Gasteiger partial charge in [-0.2, -0.15) is 0 Å². The van der Waals surface area contributed by atoms with E-state index in [1.807, 2.05) is 39.1 Å². The lowest BCUT2D eigenvalue weighted by Crippen LogP contribution is -2.14. The van der Waals surface area contributed by atoms with E-state index in [-0.39, 0.29) is 6.04 Å². The molecule has 0 bridgehead atoms. The van der Waals surface area contributed by atoms with Crippen molar-refractivity contribution in [1.29, 1.82) is 0 Å². The number of aromatic nitrogens is 3. The molecule has 0 radical (unpaired) electrons. The summed E-state index contributed by atoms with van der Waals surface area (Å²) in [6.07, 6.45) is 0. The van der Waals surface area contributed by atoms with E-state index in [4.69, 9.17) is 11.6 Å². The summed E-state index contributed by atoms with van der Waals surface area (Å²) < 4.78 is 1.79. The number of benzene rings is 1. The summed E-state index contributed by atoms with van der Waals surface area (Å²) in [4.78, 5) is 0. The maximum atomic E-state index is 6.22. The van der Waals surface area contributed by atoms with E-state index < -0.39 is 0 Å². The van der Waals surface area contributed by atoms with Crippen molar-refractivity contribution in [2.75, 3.05) is 7.05 Å². The SMILES string of the molecule is CNC(C)c1nnn(-c2cc(C)ccc2Cl)c1C. The van der Waals surface area contributed by atoms with Gasteiger partial charge in [-0.3, -0.25) is 0 Å². The molecule has 0 aliphatic heterocycles. The van der Waals surface area contributed by atoms with Crippen molar-refractivity contribution in [3.8, 4) is 5.69 Å². The summed E-state index contributed by atoms with van der Waals surface area (Å²) in [7, 11) is 1.91. The molecule has 2 rings (SSSR count). The number of hydrogen-bond acceptors (Lipinski definition) is 3. The lowest BCUT2D eigenvalue weighted by Gasteiger charge is -2.09. The predicted molar refractivity (Wildman–Crippen MR) is 73.3 cm³/mol. The molecular weight excluding hydrogens is 248 g/mol. The van der Waals surface area contributed by atoms with Gasteiger partial charge < -0.3 is 5.32 Å². The van der Waals surface area contributed by atoms with Crippen molar-refractivity contribution in [2.24, 2.45) is 0 Å². The smallest absolute Gasteiger partial charge is 0.103 e. The largest absolute Gasteiger partial charge is 0.312 e. The van der Waals surface area contributed by atoms with Gasteiger partial charge in [-0.15, -0.1) is 5.10 Å². The third-order valence-electron chi connectivity index (χ3n) is 3.10. The van der Waals surface area contributed by atoms with Gasteiger partial charge in [0, 0.05) is 0 Å². The summed E-state index contributed by atoms with van der Waals surface area (Å²) in [5.41, 5.74) is 3.96. The fourth-order valence-corrected chi connectivity index (χ4v) is 2.09. The first kappa shape index (κ1) is 13.1. The molecule has 1 N–H and O–H groups in total. The molecule has 1 aromatic carbocycles. The van der Waals surface area contributed by atoms with Crippen LogP contribution in [0.1, 0.15) is 29.9 Å². The fraction of sp³-hybridized carbons (Fsp3) is 0.385. The first-order chi connectivity index (χ1) is 8.54. The highest BCUT2D eigenvalue weighted by molar-refractivity contribution is 6.32. The van der Waals surface area contributed by atoms with Crippen molar-refractivity contribution in [1.82, 2.24) is 20.3 Å². The minimum Gasteiger partial charge on any atom is -0.312 e. The zero-order valence-electron chi connectivity index (χ0n) is 11.0. The van der Waals surface area contributed by atoms with Crippen LogP contribution in [0.3, 0.4) is 0 Å². The Morgan fingerprint density at radius 1 is 1.33 bits per heavy atom. The lowest BCUT2D eigenvalue weighted by atomic mass is 10.2. The molecule has 0 saturated carbocycles. The zero-order valence-corrected chi connectivity index (χ0v) is 11.8. The second kappa shape index (κ2) is 5.08. The van der Waals surface area contributed by atoms with Crippen LogP contribution in [0.2, 0.25) is 5.02 Å². The Kier molecular flexibility index (Phi) is 3.68. The van der Waals surface area contributed by atoms with Gasteiger partial charge in [0.2, 0.25) is 0 Å². The summed E-state index contributed by atoms with van der Waals surface area (Å²) in [5, 5.41) is 12.3. The molecule has 18 heavy (non-hydrogen) atoms. The molecule has 1 heterocycles. The Labute approximate surface area is 112 Å². The van der Waals surface area contributed by atoms with Crippen LogP contribution < -0.4 is 5.32 Å². The van der Waals surface area contributed by atoms with E-state index in [0.717, 1.165) is 22.6 Å². The first-order valence-electron chi connectivity index (χ1n) is 5.90. The number of nitrogens with one attached hydrogen (secondary N) is 1. The van der Waals surface area contributed by atoms with Crippen molar-refractivity contribution in [2.45, 2.75) is 26.8 Å². The van der Waals surface area contributed by atoms with Gasteiger partial charge in [0.15, 0.2) is 0 Å². The molecule has 1 aromatic heterocycles. The predicted octanol–water partition coefficient (Wildman–Crippen LogP) is 2.82. The normalized spacial score (nSPS) is 12.7. The van der Waals surface area contributed by atoms with E-state index in [1.165, 1.54) is 0 Å². The second-order valence-corrected chi connectivity index (χ2v) is 4.84. The lowest BCUT2D eigenvalue weighted by molar-refractivity contribution is 0.627. The molecule has 5 heteroatoms. The third kappa shape index (κ3) is 2.26. The van der Waals surface area contributed by atoms with E-state index >= 15 is 0 Å². The van der Waals surface area contributed by atoms with Gasteiger partial charge in [-0.25, -0.2) is 4.68 Å². The standard InChI is InChI=1S/C13H17ClN4/c1-8-5-6-11(14)12(7-8)18-10(3)13(16-17-18)9(2)15-4/h5-7,9,15H,1-4H3. The van der Waals surface area contributed by atoms with E-state index in [9.17, 15) is 0 Å². The number of nitrogens with zero attached hydrogens (tertiary/aromatic N) is 3. The minimum absolute atomic E-state index is 0.169. The molecule has 0 fully saturated rings. The number of halogens is 1. The first-order valence-corrected chi connectivity index (χ1v) is 6.28. The molecule has 1 unspecified atom stereocenters. The topological polar surface area (TPSA) is 42.7 Å². The summed E-state index contributed by atoms with van der Waals surface area (Å²) in [5.74, 6) is 0. The highest BCUT2D eigenvalue weighted by atomic mass is 35.5. The summed E-state index contributed by atoms with van der Waals surface area (Å²) >= 11 is 6.22. The molecule has 96 valence electrons. The van der Waals surface area contributed by atoms with Crippen molar-refractivity contribution >= 4 is 11.6 Å². The van der Waals surface area contributed by atoms with Crippen LogP contribution >= 0.6 is 11.6 Å². The fourth-order valence-electron chi connectivity index (χ4n) is 1.89. The monoisotopic (exact) mass is 264 g/mol. The highest BCUT2D eigenvalue weighted by Crippen LogP contribution is 2.24. The van der Waals surface area contributed by atoms with Gasteiger partial charge in [0.25, 0.3) is 0 Å². The number of rotatable bonds is 3. The van der Waals surface area contributed by atoms with Gasteiger partial charge >= 0.3 is 0 Å². The molecule has 0 aliphatic carbocycles. The van der Waals surface area contributed by atoms with Crippen LogP contribution in [0, 0.1) is 13.8 Å². The number of hydrogen-bond donors (Lipinski definition) is 1. The second-order valence-electron chi connectivity index (χ2n) is 4.44. The molecule has 1 atom stereocenters. The average molecular weight is 265 g/mol. The van der Waals surface area contributed by atoms with E-state index in [2.05, 4.69) is 22.6 Å². The highest BCUT2D eigenvalue weighted by Gasteiger charge is 2.16. The molecule has 0 saturated heterocycles. The van der Waals surface area contributed by atoms with Crippen LogP contribution in [0.15, 0.2) is 18.2 Å². The Bertz CT molecular complexity index is 562. The summed E-state index contributed by atoms with van der Waals surface area (Å²) in [6, 6.07) is 6.05. The van der Waals surface area contributed by atoms with Gasteiger partial charge in [-0.1, -0.05) is 22.9 Å². The molecule has 4 nitrogen and oxygen atoms in total. The molecule has 0 aliphatic rings. The zero-order chi connectivity index (χ0) is 13.3. The summed E-state index contributed by atoms with van der Waals surface area (Å²) in [6.45, 7) is 6.09. The van der Waals surface area contributed by atoms with E-state index in [1.54, 1.807) is 4.68 Å². The Balaban J connectivity index is 2.52. The molecule has 0 amide bonds. The Hall–Kier alpha value is -1.39. The van der Waals surface area contributed by atoms with Crippen LogP contribution in [0.25, 0.3) is 5.69 Å². The van der Waals surface area contributed by atoms with Crippen molar-refractivity contribution in [3.63, 3.8) is 0 Å². The maximum Gasteiger partial charge on any atom is 0.103 e. The van der Waals surface area contributed by atoms with E-state index in [0.29, 0.717) is 5.02 Å². The molecule has 0 spiro atoms. The minimum atomic E-state index is 0.169. The van der Waals surface area contributed by atoms with Crippen molar-refractivity contribution < 1.29 is 0 Å². The molecular formula is C13H17ClN4. The van der Waals surface area contributed by atoms with Gasteiger partial charge in [-0.05, 0) is 45.5 Å². The average Bonchev–Trinajstić information content (AvgIpc) is 2.73. The third-order valence-corrected chi connectivity index (χ3v) is 3.42. The van der Waals surface area contributed by atoms with Crippen LogP contribution in [0.5, 0.6) is 0 Å². The Morgan fingerprint density at radius 3 is 2.72 bits per heavy atom. The van der Waals surface area contributed by atoms with Gasteiger partial charge in [0.1, 0.15) is 5.69 Å². The Morgan fingerprint density at radius 2 is 2.06 bits per heavy atom. The maximum absolute atomic E-state index is 6.22. The van der Waals surface area contributed by atoms with Crippen molar-refractivity contribution in [3.05, 3.63) is 40.2 Å². The number of aryl methyl sites for hydroxylation is 1. The van der Waals surface area contributed by atoms with Crippen LogP contribution in [-0.2, 0) is 0 Å². The molecule has 2 aromatic rings.